The Hall–Kier alpha value is -2.49. The van der Waals surface area contributed by atoms with Gasteiger partial charge in [-0.3, -0.25) is 4.79 Å². The number of phenolic OH excluding ortho intramolecular Hbond substituents is 2. The molecule has 0 atom stereocenters. The van der Waals surface area contributed by atoms with E-state index in [-0.39, 0.29) is 17.3 Å². The highest BCUT2D eigenvalue weighted by atomic mass is 16.3. The maximum absolute atomic E-state index is 12.0. The van der Waals surface area contributed by atoms with Crippen molar-refractivity contribution in [3.05, 3.63) is 53.0 Å². The summed E-state index contributed by atoms with van der Waals surface area (Å²) in [5.41, 5.74) is 0.875. The standard InChI is InChI=1S/C15H14O4/c1-9-7-13(10(2)19-9)15(18)5-3-11-8-12(16)4-6-14(11)17/h3-8,16-17H,1-2H3/b5-3+. The van der Waals surface area contributed by atoms with E-state index < -0.39 is 0 Å². The lowest BCUT2D eigenvalue weighted by atomic mass is 10.1. The summed E-state index contributed by atoms with van der Waals surface area (Å²) in [5.74, 6) is 1.06. The lowest BCUT2D eigenvalue weighted by Gasteiger charge is -1.99. The van der Waals surface area contributed by atoms with Crippen LogP contribution in [-0.2, 0) is 0 Å². The number of phenols is 2. The fourth-order valence-corrected chi connectivity index (χ4v) is 1.81. The van der Waals surface area contributed by atoms with Crippen LogP contribution in [0.25, 0.3) is 6.08 Å². The smallest absolute Gasteiger partial charge is 0.189 e. The monoisotopic (exact) mass is 258 g/mol. The predicted octanol–water partition coefficient (Wildman–Crippen LogP) is 3.20. The first-order chi connectivity index (χ1) is 8.97. The number of aryl methyl sites for hydroxylation is 2. The number of carbonyl (C=O) groups excluding carboxylic acids is 1. The van der Waals surface area contributed by atoms with Crippen molar-refractivity contribution in [1.82, 2.24) is 0 Å². The molecule has 0 aliphatic rings. The highest BCUT2D eigenvalue weighted by molar-refractivity contribution is 6.07. The summed E-state index contributed by atoms with van der Waals surface area (Å²) in [5, 5.41) is 18.9. The number of furan rings is 1. The zero-order valence-corrected chi connectivity index (χ0v) is 10.7. The van der Waals surface area contributed by atoms with Crippen molar-refractivity contribution in [3.63, 3.8) is 0 Å². The highest BCUT2D eigenvalue weighted by Crippen LogP contribution is 2.23. The Morgan fingerprint density at radius 2 is 1.95 bits per heavy atom. The van der Waals surface area contributed by atoms with Crippen molar-refractivity contribution in [3.8, 4) is 11.5 Å². The normalized spacial score (nSPS) is 11.1. The van der Waals surface area contributed by atoms with Crippen LogP contribution in [0, 0.1) is 13.8 Å². The van der Waals surface area contributed by atoms with Crippen molar-refractivity contribution in [2.75, 3.05) is 0 Å². The second-order valence-corrected chi connectivity index (χ2v) is 4.27. The van der Waals surface area contributed by atoms with Crippen molar-refractivity contribution in [1.29, 1.82) is 0 Å². The van der Waals surface area contributed by atoms with Gasteiger partial charge < -0.3 is 14.6 Å². The SMILES string of the molecule is Cc1cc(C(=O)/C=C/c2cc(O)ccc2O)c(C)o1. The Morgan fingerprint density at radius 3 is 2.58 bits per heavy atom. The Kier molecular flexibility index (Phi) is 3.42. The largest absolute Gasteiger partial charge is 0.508 e. The second-order valence-electron chi connectivity index (χ2n) is 4.27. The van der Waals surface area contributed by atoms with Gasteiger partial charge >= 0.3 is 0 Å². The molecule has 0 aliphatic heterocycles. The fourth-order valence-electron chi connectivity index (χ4n) is 1.81. The fraction of sp³-hybridized carbons (Fsp3) is 0.133. The average molecular weight is 258 g/mol. The molecule has 0 bridgehead atoms. The number of rotatable bonds is 3. The van der Waals surface area contributed by atoms with Gasteiger partial charge in [0.05, 0.1) is 5.56 Å². The van der Waals surface area contributed by atoms with Crippen molar-refractivity contribution >= 4 is 11.9 Å². The van der Waals surface area contributed by atoms with Crippen molar-refractivity contribution in [2.24, 2.45) is 0 Å². The van der Waals surface area contributed by atoms with Gasteiger partial charge in [-0.1, -0.05) is 0 Å². The van der Waals surface area contributed by atoms with Gasteiger partial charge in [-0.25, -0.2) is 0 Å². The molecule has 0 radical (unpaired) electrons. The average Bonchev–Trinajstić information content (AvgIpc) is 2.69. The minimum Gasteiger partial charge on any atom is -0.508 e. The van der Waals surface area contributed by atoms with Gasteiger partial charge in [-0.2, -0.15) is 0 Å². The first kappa shape index (κ1) is 13.0. The third-order valence-electron chi connectivity index (χ3n) is 2.73. The molecule has 2 N–H and O–H groups in total. The van der Waals surface area contributed by atoms with E-state index in [2.05, 4.69) is 0 Å². The van der Waals surface area contributed by atoms with E-state index >= 15 is 0 Å². The van der Waals surface area contributed by atoms with E-state index in [1.54, 1.807) is 19.9 Å². The molecule has 1 heterocycles. The third kappa shape index (κ3) is 2.85. The summed E-state index contributed by atoms with van der Waals surface area (Å²) in [7, 11) is 0. The van der Waals surface area contributed by atoms with Gasteiger partial charge in [0.1, 0.15) is 23.0 Å². The van der Waals surface area contributed by atoms with Crippen LogP contribution in [0.15, 0.2) is 34.8 Å². The molecule has 0 fully saturated rings. The van der Waals surface area contributed by atoms with Crippen molar-refractivity contribution in [2.45, 2.75) is 13.8 Å². The van der Waals surface area contributed by atoms with Gasteiger partial charge in [0.2, 0.25) is 0 Å². The molecule has 1 aromatic carbocycles. The molecule has 0 saturated heterocycles. The minimum atomic E-state index is -0.211. The number of aromatic hydroxyl groups is 2. The van der Waals surface area contributed by atoms with Gasteiger partial charge in [-0.15, -0.1) is 0 Å². The van der Waals surface area contributed by atoms with Crippen LogP contribution in [-0.4, -0.2) is 16.0 Å². The van der Waals surface area contributed by atoms with Crippen LogP contribution in [0.3, 0.4) is 0 Å². The number of hydrogen-bond donors (Lipinski definition) is 2. The van der Waals surface area contributed by atoms with E-state index in [9.17, 15) is 15.0 Å². The molecule has 0 aliphatic carbocycles. The summed E-state index contributed by atoms with van der Waals surface area (Å²) in [4.78, 5) is 12.0. The molecule has 19 heavy (non-hydrogen) atoms. The number of ketones is 1. The first-order valence-electron chi connectivity index (χ1n) is 5.79. The molecule has 2 rings (SSSR count). The van der Waals surface area contributed by atoms with Gasteiger partial charge in [0.25, 0.3) is 0 Å². The summed E-state index contributed by atoms with van der Waals surface area (Å²) in [6.07, 6.45) is 2.80. The zero-order valence-electron chi connectivity index (χ0n) is 10.7. The number of benzene rings is 1. The predicted molar refractivity (Wildman–Crippen MR) is 71.3 cm³/mol. The summed E-state index contributed by atoms with van der Waals surface area (Å²) >= 11 is 0. The summed E-state index contributed by atoms with van der Waals surface area (Å²) in [6, 6.07) is 5.79. The maximum atomic E-state index is 12.0. The maximum Gasteiger partial charge on any atom is 0.189 e. The van der Waals surface area contributed by atoms with E-state index in [0.717, 1.165) is 0 Å². The molecule has 4 heteroatoms. The molecule has 0 spiro atoms. The van der Waals surface area contributed by atoms with Gasteiger partial charge in [-0.05, 0) is 50.3 Å². The summed E-state index contributed by atoms with van der Waals surface area (Å²) < 4.78 is 5.29. The van der Waals surface area contributed by atoms with Crippen LogP contribution >= 0.6 is 0 Å². The van der Waals surface area contributed by atoms with Crippen LogP contribution < -0.4 is 0 Å². The third-order valence-corrected chi connectivity index (χ3v) is 2.73. The minimum absolute atomic E-state index is 0.00180. The lowest BCUT2D eigenvalue weighted by Crippen LogP contribution is -1.93. The van der Waals surface area contributed by atoms with Crippen LogP contribution in [0.5, 0.6) is 11.5 Å². The van der Waals surface area contributed by atoms with Crippen LogP contribution in [0.2, 0.25) is 0 Å². The molecule has 0 amide bonds. The Balaban J connectivity index is 2.25. The van der Waals surface area contributed by atoms with Crippen molar-refractivity contribution < 1.29 is 19.4 Å². The Bertz CT molecular complexity index is 650. The number of hydrogen-bond acceptors (Lipinski definition) is 4. The Morgan fingerprint density at radius 1 is 1.21 bits per heavy atom. The molecule has 0 unspecified atom stereocenters. The molecule has 98 valence electrons. The Labute approximate surface area is 110 Å². The van der Waals surface area contributed by atoms with Gasteiger partial charge in [0, 0.05) is 5.56 Å². The lowest BCUT2D eigenvalue weighted by molar-refractivity contribution is 0.104. The molecule has 1 aromatic heterocycles. The van der Waals surface area contributed by atoms with E-state index in [0.29, 0.717) is 22.6 Å². The highest BCUT2D eigenvalue weighted by Gasteiger charge is 2.10. The van der Waals surface area contributed by atoms with E-state index in [1.165, 1.54) is 30.4 Å². The van der Waals surface area contributed by atoms with E-state index in [1.807, 2.05) is 0 Å². The molecule has 0 saturated carbocycles. The van der Waals surface area contributed by atoms with Gasteiger partial charge in [0.15, 0.2) is 5.78 Å². The number of allylic oxidation sites excluding steroid dienone is 1. The molecular weight excluding hydrogens is 244 g/mol. The topological polar surface area (TPSA) is 70.7 Å². The zero-order chi connectivity index (χ0) is 14.0. The second kappa shape index (κ2) is 5.02. The number of carbonyl (C=O) groups is 1. The summed E-state index contributed by atoms with van der Waals surface area (Å²) in [6.45, 7) is 3.49. The molecular formula is C15H14O4. The van der Waals surface area contributed by atoms with Crippen LogP contribution in [0.4, 0.5) is 0 Å². The molecule has 4 nitrogen and oxygen atoms in total. The van der Waals surface area contributed by atoms with E-state index in [4.69, 9.17) is 4.42 Å². The van der Waals surface area contributed by atoms with Crippen LogP contribution in [0.1, 0.15) is 27.4 Å². The molecule has 2 aromatic rings. The quantitative estimate of drug-likeness (QED) is 0.504. The first-order valence-corrected chi connectivity index (χ1v) is 5.79.